The number of pyridine rings is 1. The zero-order chi connectivity index (χ0) is 17.0. The summed E-state index contributed by atoms with van der Waals surface area (Å²) in [7, 11) is -0.509. The average molecular weight is 352 g/mol. The SMILES string of the molecule is [2H]c1nn(-c2cc(B3OC(C)(C)C(C)(C)O3)ccn2)c([2H])c1Br. The van der Waals surface area contributed by atoms with E-state index in [9.17, 15) is 0 Å². The number of hydrogen-bond acceptors (Lipinski definition) is 4. The van der Waals surface area contributed by atoms with E-state index in [-0.39, 0.29) is 12.3 Å². The quantitative estimate of drug-likeness (QED) is 0.779. The standard InChI is InChI=1S/C14H17BBrN3O2/c1-13(2)14(3,4)21-15(20-13)10-5-6-17-12(7-10)19-9-11(16)8-18-19/h5-9H,1-4H3/i8D,9D. The van der Waals surface area contributed by atoms with Crippen molar-refractivity contribution < 1.29 is 12.1 Å². The van der Waals surface area contributed by atoms with Crippen LogP contribution < -0.4 is 5.46 Å². The Morgan fingerprint density at radius 2 is 1.95 bits per heavy atom. The summed E-state index contributed by atoms with van der Waals surface area (Å²) in [5, 5.41) is 4.01. The van der Waals surface area contributed by atoms with E-state index < -0.39 is 18.3 Å². The minimum absolute atomic E-state index is 0.00200. The number of rotatable bonds is 2. The van der Waals surface area contributed by atoms with E-state index in [0.717, 1.165) is 5.46 Å². The van der Waals surface area contributed by atoms with E-state index in [1.54, 1.807) is 12.3 Å². The monoisotopic (exact) mass is 351 g/mol. The van der Waals surface area contributed by atoms with Crippen molar-refractivity contribution in [3.05, 3.63) is 35.1 Å². The number of hydrogen-bond donors (Lipinski definition) is 0. The maximum atomic E-state index is 7.99. The van der Waals surface area contributed by atoms with Crippen LogP contribution in [0.5, 0.6) is 0 Å². The van der Waals surface area contributed by atoms with E-state index in [0.29, 0.717) is 10.3 Å². The van der Waals surface area contributed by atoms with Crippen LogP contribution in [0.3, 0.4) is 0 Å². The molecule has 0 amide bonds. The van der Waals surface area contributed by atoms with Crippen molar-refractivity contribution in [2.45, 2.75) is 38.9 Å². The van der Waals surface area contributed by atoms with Gasteiger partial charge in [-0.2, -0.15) is 5.10 Å². The molecule has 1 saturated heterocycles. The summed E-state index contributed by atoms with van der Waals surface area (Å²) in [6, 6.07) is 3.58. The van der Waals surface area contributed by atoms with Gasteiger partial charge >= 0.3 is 7.12 Å². The molecule has 2 aromatic heterocycles. The minimum atomic E-state index is -0.509. The molecule has 1 fully saturated rings. The second kappa shape index (κ2) is 4.93. The summed E-state index contributed by atoms with van der Waals surface area (Å²) in [4.78, 5) is 4.23. The summed E-state index contributed by atoms with van der Waals surface area (Å²) in [5.74, 6) is 0.446. The van der Waals surface area contributed by atoms with Gasteiger partial charge in [0.25, 0.3) is 0 Å². The van der Waals surface area contributed by atoms with E-state index in [1.807, 2.05) is 33.8 Å². The third kappa shape index (κ3) is 2.65. The van der Waals surface area contributed by atoms with Crippen molar-refractivity contribution in [2.24, 2.45) is 0 Å². The summed E-state index contributed by atoms with van der Waals surface area (Å²) < 4.78 is 29.4. The van der Waals surface area contributed by atoms with Gasteiger partial charge in [-0.1, -0.05) is 0 Å². The molecule has 7 heteroatoms. The van der Waals surface area contributed by atoms with Gasteiger partial charge in [-0.3, -0.25) is 0 Å². The topological polar surface area (TPSA) is 49.2 Å². The predicted octanol–water partition coefficient (Wildman–Crippen LogP) is 2.33. The molecule has 21 heavy (non-hydrogen) atoms. The Kier molecular flexibility index (Phi) is 2.91. The van der Waals surface area contributed by atoms with Crippen LogP contribution in [0.2, 0.25) is 0 Å². The summed E-state index contributed by atoms with van der Waals surface area (Å²) in [6.45, 7) is 7.98. The first kappa shape index (κ1) is 12.4. The highest BCUT2D eigenvalue weighted by Crippen LogP contribution is 2.36. The molecule has 0 radical (unpaired) electrons. The molecule has 0 bridgehead atoms. The Labute approximate surface area is 135 Å². The van der Waals surface area contributed by atoms with Gasteiger partial charge < -0.3 is 9.31 Å². The van der Waals surface area contributed by atoms with Gasteiger partial charge in [-0.25, -0.2) is 9.67 Å². The normalized spacial score (nSPS) is 21.3. The molecule has 0 unspecified atom stereocenters. The molecule has 0 spiro atoms. The van der Waals surface area contributed by atoms with Crippen molar-refractivity contribution in [3.63, 3.8) is 0 Å². The third-order valence-electron chi connectivity index (χ3n) is 3.96. The first-order valence-corrected chi connectivity index (χ1v) is 7.45. The molecule has 5 nitrogen and oxygen atoms in total. The molecule has 110 valence electrons. The van der Waals surface area contributed by atoms with Crippen molar-refractivity contribution in [1.82, 2.24) is 14.8 Å². The molecule has 2 aromatic rings. The Balaban J connectivity index is 1.97. The molecular formula is C14H17BBrN3O2. The molecule has 0 atom stereocenters. The van der Waals surface area contributed by atoms with Crippen LogP contribution in [0.25, 0.3) is 5.82 Å². The van der Waals surface area contributed by atoms with Crippen LogP contribution in [-0.2, 0) is 9.31 Å². The van der Waals surface area contributed by atoms with Crippen LogP contribution in [-0.4, -0.2) is 33.1 Å². The van der Waals surface area contributed by atoms with E-state index in [1.165, 1.54) is 4.68 Å². The van der Waals surface area contributed by atoms with E-state index >= 15 is 0 Å². The van der Waals surface area contributed by atoms with Crippen molar-refractivity contribution in [2.75, 3.05) is 0 Å². The molecule has 0 N–H and O–H groups in total. The molecule has 1 aliphatic heterocycles. The molecule has 0 saturated carbocycles. The van der Waals surface area contributed by atoms with Gasteiger partial charge in [0.05, 0.1) is 24.6 Å². The predicted molar refractivity (Wildman–Crippen MR) is 84.8 cm³/mol. The maximum absolute atomic E-state index is 7.99. The van der Waals surface area contributed by atoms with Crippen LogP contribution in [0.4, 0.5) is 0 Å². The minimum Gasteiger partial charge on any atom is -0.399 e. The first-order valence-electron chi connectivity index (χ1n) is 7.66. The van der Waals surface area contributed by atoms with Crippen LogP contribution in [0.15, 0.2) is 35.1 Å². The zero-order valence-corrected chi connectivity index (χ0v) is 13.9. The fourth-order valence-electron chi connectivity index (χ4n) is 2.02. The van der Waals surface area contributed by atoms with Gasteiger partial charge in [0.2, 0.25) is 0 Å². The highest BCUT2D eigenvalue weighted by molar-refractivity contribution is 9.10. The highest BCUT2D eigenvalue weighted by Gasteiger charge is 2.51. The molecule has 3 heterocycles. The average Bonchev–Trinajstić information content (AvgIpc) is 2.86. The fraction of sp³-hybridized carbons (Fsp3) is 0.429. The summed E-state index contributed by atoms with van der Waals surface area (Å²) in [6.07, 6.45) is 1.69. The van der Waals surface area contributed by atoms with Gasteiger partial charge in [-0.05, 0) is 61.2 Å². The molecule has 1 aliphatic rings. The Hall–Kier alpha value is -1.18. The van der Waals surface area contributed by atoms with Gasteiger partial charge in [0.15, 0.2) is 5.82 Å². The Bertz CT molecular complexity index is 750. The van der Waals surface area contributed by atoms with Crippen molar-refractivity contribution >= 4 is 28.5 Å². The van der Waals surface area contributed by atoms with Crippen molar-refractivity contribution in [1.29, 1.82) is 0 Å². The Morgan fingerprint density at radius 3 is 2.52 bits per heavy atom. The summed E-state index contributed by atoms with van der Waals surface area (Å²) >= 11 is 3.18. The molecular weight excluding hydrogens is 333 g/mol. The van der Waals surface area contributed by atoms with Crippen LogP contribution >= 0.6 is 15.9 Å². The molecule has 0 aliphatic carbocycles. The lowest BCUT2D eigenvalue weighted by Crippen LogP contribution is -2.41. The lowest BCUT2D eigenvalue weighted by atomic mass is 9.80. The summed E-state index contributed by atoms with van der Waals surface area (Å²) in [5.41, 5.74) is -0.0543. The fourth-order valence-corrected chi connectivity index (χ4v) is 2.27. The first-order chi connectivity index (χ1) is 10.6. The van der Waals surface area contributed by atoms with E-state index in [2.05, 4.69) is 26.0 Å². The zero-order valence-electron chi connectivity index (χ0n) is 14.3. The van der Waals surface area contributed by atoms with Gasteiger partial charge in [0, 0.05) is 12.4 Å². The van der Waals surface area contributed by atoms with E-state index in [4.69, 9.17) is 12.1 Å². The van der Waals surface area contributed by atoms with Gasteiger partial charge in [-0.15, -0.1) is 0 Å². The number of aromatic nitrogens is 3. The second-order valence-corrected chi connectivity index (χ2v) is 6.78. The lowest BCUT2D eigenvalue weighted by molar-refractivity contribution is 0.00578. The second-order valence-electron chi connectivity index (χ2n) is 5.99. The number of nitrogens with zero attached hydrogens (tertiary/aromatic N) is 3. The lowest BCUT2D eigenvalue weighted by Gasteiger charge is -2.32. The third-order valence-corrected chi connectivity index (χ3v) is 4.32. The van der Waals surface area contributed by atoms with Crippen LogP contribution in [0, 0.1) is 0 Å². The molecule has 3 rings (SSSR count). The van der Waals surface area contributed by atoms with Crippen LogP contribution in [0.1, 0.15) is 30.4 Å². The highest BCUT2D eigenvalue weighted by atomic mass is 79.9. The largest absolute Gasteiger partial charge is 0.495 e. The smallest absolute Gasteiger partial charge is 0.399 e. The Morgan fingerprint density at radius 1 is 1.29 bits per heavy atom. The van der Waals surface area contributed by atoms with Crippen molar-refractivity contribution in [3.8, 4) is 5.82 Å². The van der Waals surface area contributed by atoms with Gasteiger partial charge in [0.1, 0.15) is 0 Å². The molecule has 0 aromatic carbocycles. The maximum Gasteiger partial charge on any atom is 0.495 e. The number of halogens is 1.